The molecule has 1 atom stereocenters. The molecule has 0 saturated carbocycles. The Morgan fingerprint density at radius 1 is 1.00 bits per heavy atom. The Kier molecular flexibility index (Phi) is 12.1. The van der Waals surface area contributed by atoms with Crippen molar-refractivity contribution in [3.8, 4) is 5.75 Å². The van der Waals surface area contributed by atoms with Crippen LogP contribution in [0.3, 0.4) is 0 Å². The van der Waals surface area contributed by atoms with Gasteiger partial charge in [0.15, 0.2) is 0 Å². The molecule has 0 aliphatic carbocycles. The van der Waals surface area contributed by atoms with E-state index in [9.17, 15) is 14.7 Å². The molecule has 0 radical (unpaired) electrons. The Bertz CT molecular complexity index is 1080. The zero-order valence-electron chi connectivity index (χ0n) is 19.9. The SMILES string of the molecule is CCCNCC(O)COc1ccccc1CCCc1cccc2[nH]ccc12.O=C(O)/C=C/C(=O)O. The minimum Gasteiger partial charge on any atom is -0.491 e. The predicted octanol–water partition coefficient (Wildman–Crippen LogP) is 3.79. The number of aliphatic hydroxyl groups excluding tert-OH is 1. The molecule has 35 heavy (non-hydrogen) atoms. The van der Waals surface area contributed by atoms with Crippen LogP contribution in [0.5, 0.6) is 5.75 Å². The van der Waals surface area contributed by atoms with Crippen molar-refractivity contribution in [2.24, 2.45) is 0 Å². The second-order valence-electron chi connectivity index (χ2n) is 8.00. The molecule has 0 fully saturated rings. The molecule has 1 unspecified atom stereocenters. The highest BCUT2D eigenvalue weighted by Gasteiger charge is 2.08. The second kappa shape index (κ2) is 15.3. The molecule has 1 aromatic heterocycles. The third-order valence-corrected chi connectivity index (χ3v) is 5.16. The molecule has 3 rings (SSSR count). The van der Waals surface area contributed by atoms with E-state index >= 15 is 0 Å². The Labute approximate surface area is 205 Å². The topological polar surface area (TPSA) is 132 Å². The number of aliphatic carboxylic acids is 2. The van der Waals surface area contributed by atoms with Gasteiger partial charge in [0.25, 0.3) is 0 Å². The van der Waals surface area contributed by atoms with Gasteiger partial charge in [-0.15, -0.1) is 0 Å². The summed E-state index contributed by atoms with van der Waals surface area (Å²) in [5.74, 6) is -1.63. The standard InChI is InChI=1S/C23H30N2O2.C4H4O4/c1-2-14-24-16-20(26)17-27-23-12-4-3-7-19(23)10-5-8-18-9-6-11-22-21(18)13-15-25-22;5-3(6)1-2-4(7)8/h3-4,6-7,9,11-13,15,20,24-26H,2,5,8,10,14,16-17H2,1H3;1-2H,(H,5,6)(H,7,8)/b;2-1+. The summed E-state index contributed by atoms with van der Waals surface area (Å²) in [5.41, 5.74) is 3.78. The molecule has 0 bridgehead atoms. The number of carboxylic acid groups (broad SMARTS) is 2. The number of aryl methyl sites for hydroxylation is 2. The Morgan fingerprint density at radius 2 is 1.69 bits per heavy atom. The van der Waals surface area contributed by atoms with Gasteiger partial charge in [-0.2, -0.15) is 0 Å². The normalized spacial score (nSPS) is 11.7. The van der Waals surface area contributed by atoms with Crippen molar-refractivity contribution in [3.63, 3.8) is 0 Å². The lowest BCUT2D eigenvalue weighted by Gasteiger charge is -2.15. The molecule has 8 nitrogen and oxygen atoms in total. The van der Waals surface area contributed by atoms with E-state index in [4.69, 9.17) is 14.9 Å². The van der Waals surface area contributed by atoms with Gasteiger partial charge in [-0.25, -0.2) is 9.59 Å². The number of hydrogen-bond donors (Lipinski definition) is 5. The highest BCUT2D eigenvalue weighted by Crippen LogP contribution is 2.23. The van der Waals surface area contributed by atoms with Crippen LogP contribution in [-0.2, 0) is 22.4 Å². The molecule has 0 aliphatic rings. The first kappa shape index (κ1) is 27.6. The van der Waals surface area contributed by atoms with Crippen molar-refractivity contribution in [2.75, 3.05) is 19.7 Å². The van der Waals surface area contributed by atoms with Gasteiger partial charge in [0.1, 0.15) is 18.5 Å². The third-order valence-electron chi connectivity index (χ3n) is 5.16. The zero-order chi connectivity index (χ0) is 25.5. The fourth-order valence-electron chi connectivity index (χ4n) is 3.52. The fraction of sp³-hybridized carbons (Fsp3) is 0.333. The monoisotopic (exact) mass is 482 g/mol. The molecule has 5 N–H and O–H groups in total. The minimum atomic E-state index is -1.26. The van der Waals surface area contributed by atoms with Crippen molar-refractivity contribution in [1.29, 1.82) is 0 Å². The number of carbonyl (C=O) groups is 2. The zero-order valence-corrected chi connectivity index (χ0v) is 19.9. The van der Waals surface area contributed by atoms with Crippen molar-refractivity contribution in [2.45, 2.75) is 38.7 Å². The van der Waals surface area contributed by atoms with E-state index in [-0.39, 0.29) is 0 Å². The molecule has 1 heterocycles. The number of aromatic amines is 1. The number of H-pyrrole nitrogens is 1. The Balaban J connectivity index is 0.000000466. The summed E-state index contributed by atoms with van der Waals surface area (Å²) in [7, 11) is 0. The number of aromatic nitrogens is 1. The van der Waals surface area contributed by atoms with Crippen LogP contribution in [0.25, 0.3) is 10.9 Å². The van der Waals surface area contributed by atoms with Crippen LogP contribution in [-0.4, -0.2) is 58.0 Å². The van der Waals surface area contributed by atoms with Gasteiger partial charge >= 0.3 is 11.9 Å². The lowest BCUT2D eigenvalue weighted by atomic mass is 10.0. The van der Waals surface area contributed by atoms with Gasteiger partial charge in [0, 0.05) is 35.8 Å². The maximum Gasteiger partial charge on any atom is 0.328 e. The number of hydrogen-bond acceptors (Lipinski definition) is 5. The molecule has 0 aliphatic heterocycles. The molecule has 0 saturated heterocycles. The number of carboxylic acids is 2. The Morgan fingerprint density at radius 3 is 2.40 bits per heavy atom. The molecule has 2 aromatic carbocycles. The summed E-state index contributed by atoms with van der Waals surface area (Å²) in [6, 6.07) is 16.7. The van der Waals surface area contributed by atoms with Crippen molar-refractivity contribution >= 4 is 22.8 Å². The largest absolute Gasteiger partial charge is 0.491 e. The van der Waals surface area contributed by atoms with E-state index in [0.717, 1.165) is 38.0 Å². The van der Waals surface area contributed by atoms with Crippen molar-refractivity contribution in [1.82, 2.24) is 10.3 Å². The van der Waals surface area contributed by atoms with E-state index in [1.165, 1.54) is 22.0 Å². The van der Waals surface area contributed by atoms with Crippen LogP contribution < -0.4 is 10.1 Å². The van der Waals surface area contributed by atoms with Gasteiger partial charge in [-0.05, 0) is 61.6 Å². The number of aliphatic hydroxyl groups is 1. The van der Waals surface area contributed by atoms with Crippen LogP contribution >= 0.6 is 0 Å². The lowest BCUT2D eigenvalue weighted by Crippen LogP contribution is -2.31. The van der Waals surface area contributed by atoms with Gasteiger partial charge in [-0.1, -0.05) is 37.3 Å². The van der Waals surface area contributed by atoms with Crippen LogP contribution in [0.2, 0.25) is 0 Å². The molecule has 3 aromatic rings. The lowest BCUT2D eigenvalue weighted by molar-refractivity contribution is -0.134. The number of nitrogens with one attached hydrogen (secondary N) is 2. The molecular formula is C27H34N2O6. The highest BCUT2D eigenvalue weighted by molar-refractivity contribution is 5.89. The summed E-state index contributed by atoms with van der Waals surface area (Å²) in [6.45, 7) is 3.91. The molecular weight excluding hydrogens is 448 g/mol. The maximum absolute atomic E-state index is 10.0. The van der Waals surface area contributed by atoms with Crippen LogP contribution in [0, 0.1) is 0 Å². The fourth-order valence-corrected chi connectivity index (χ4v) is 3.52. The summed E-state index contributed by atoms with van der Waals surface area (Å²) in [6.07, 6.45) is 6.74. The summed E-state index contributed by atoms with van der Waals surface area (Å²) < 4.78 is 5.90. The number of rotatable bonds is 13. The first-order valence-electron chi connectivity index (χ1n) is 11.7. The molecule has 8 heteroatoms. The third kappa shape index (κ3) is 10.5. The smallest absolute Gasteiger partial charge is 0.328 e. The summed E-state index contributed by atoms with van der Waals surface area (Å²) in [4.78, 5) is 22.4. The van der Waals surface area contributed by atoms with E-state index in [1.807, 2.05) is 24.4 Å². The molecule has 188 valence electrons. The van der Waals surface area contributed by atoms with Crippen LogP contribution in [0.1, 0.15) is 30.9 Å². The quantitative estimate of drug-likeness (QED) is 0.185. The first-order chi connectivity index (χ1) is 16.9. The summed E-state index contributed by atoms with van der Waals surface area (Å²) in [5, 5.41) is 30.2. The van der Waals surface area contributed by atoms with Gasteiger partial charge in [0.05, 0.1) is 0 Å². The van der Waals surface area contributed by atoms with E-state index in [2.05, 4.69) is 47.6 Å². The number of para-hydroxylation sites is 1. The Hall–Kier alpha value is -3.62. The number of ether oxygens (including phenoxy) is 1. The molecule has 0 amide bonds. The summed E-state index contributed by atoms with van der Waals surface area (Å²) >= 11 is 0. The number of fused-ring (bicyclic) bond motifs is 1. The van der Waals surface area contributed by atoms with Gasteiger partial charge < -0.3 is 30.4 Å². The van der Waals surface area contributed by atoms with E-state index < -0.39 is 18.0 Å². The highest BCUT2D eigenvalue weighted by atomic mass is 16.5. The average Bonchev–Trinajstić information content (AvgIpc) is 3.33. The van der Waals surface area contributed by atoms with Gasteiger partial charge in [0.2, 0.25) is 0 Å². The maximum atomic E-state index is 10.0. The van der Waals surface area contributed by atoms with Gasteiger partial charge in [-0.3, -0.25) is 0 Å². The average molecular weight is 483 g/mol. The van der Waals surface area contributed by atoms with E-state index in [1.54, 1.807) is 0 Å². The van der Waals surface area contributed by atoms with Crippen molar-refractivity contribution in [3.05, 3.63) is 78.0 Å². The second-order valence-corrected chi connectivity index (χ2v) is 8.00. The molecule has 0 spiro atoms. The first-order valence-corrected chi connectivity index (χ1v) is 11.7. The van der Waals surface area contributed by atoms with E-state index in [0.29, 0.717) is 25.3 Å². The predicted molar refractivity (Wildman–Crippen MR) is 136 cm³/mol. The number of benzene rings is 2. The van der Waals surface area contributed by atoms with Crippen LogP contribution in [0.15, 0.2) is 66.9 Å². The minimum absolute atomic E-state index is 0.316. The van der Waals surface area contributed by atoms with Crippen LogP contribution in [0.4, 0.5) is 0 Å². The van der Waals surface area contributed by atoms with Crippen molar-refractivity contribution < 1.29 is 29.6 Å².